The monoisotopic (exact) mass is 345 g/mol. The summed E-state index contributed by atoms with van der Waals surface area (Å²) in [5, 5.41) is 13.9. The van der Waals surface area contributed by atoms with Crippen molar-refractivity contribution in [3.63, 3.8) is 0 Å². The van der Waals surface area contributed by atoms with Gasteiger partial charge in [0, 0.05) is 25.8 Å². The number of hydrogen-bond donors (Lipinski definition) is 1. The van der Waals surface area contributed by atoms with E-state index in [0.29, 0.717) is 19.0 Å². The maximum atomic E-state index is 12.2. The Hall–Kier alpha value is -2.32. The van der Waals surface area contributed by atoms with E-state index in [1.54, 1.807) is 11.9 Å². The van der Waals surface area contributed by atoms with Crippen LogP contribution in [0, 0.1) is 0 Å². The Morgan fingerprint density at radius 3 is 3.12 bits per heavy atom. The van der Waals surface area contributed by atoms with Crippen LogP contribution < -0.4 is 0 Å². The summed E-state index contributed by atoms with van der Waals surface area (Å²) in [5.74, 6) is 0.479. The number of H-pyrrole nitrogens is 1. The van der Waals surface area contributed by atoms with Crippen LogP contribution in [0.25, 0.3) is 11.4 Å². The third kappa shape index (κ3) is 5.07. The Morgan fingerprint density at radius 2 is 2.36 bits per heavy atom. The van der Waals surface area contributed by atoms with Crippen molar-refractivity contribution in [2.24, 2.45) is 0 Å². The Balaban J connectivity index is 1.47. The van der Waals surface area contributed by atoms with Crippen LogP contribution >= 0.6 is 0 Å². The highest BCUT2D eigenvalue weighted by molar-refractivity contribution is 5.77. The zero-order chi connectivity index (χ0) is 17.5. The van der Waals surface area contributed by atoms with E-state index < -0.39 is 0 Å². The molecule has 2 heterocycles. The molecule has 1 unspecified atom stereocenters. The molecule has 8 nitrogen and oxygen atoms in total. The number of ether oxygens (including phenoxy) is 2. The van der Waals surface area contributed by atoms with Crippen LogP contribution in [0.1, 0.15) is 24.8 Å². The average Bonchev–Trinajstić information content (AvgIpc) is 3.17. The van der Waals surface area contributed by atoms with E-state index in [0.717, 1.165) is 30.6 Å². The topological polar surface area (TPSA) is 93.2 Å². The van der Waals surface area contributed by atoms with Crippen LogP contribution in [0.15, 0.2) is 24.3 Å². The number of likely N-dealkylation sites (N-methyl/N-ethyl adjacent to an activating group) is 1. The summed E-state index contributed by atoms with van der Waals surface area (Å²) < 4.78 is 11.1. The predicted octanol–water partition coefficient (Wildman–Crippen LogP) is 1.41. The molecule has 0 radical (unpaired) electrons. The van der Waals surface area contributed by atoms with Crippen LogP contribution in [0.4, 0.5) is 0 Å². The number of tetrazole rings is 1. The van der Waals surface area contributed by atoms with Gasteiger partial charge in [-0.25, -0.2) is 0 Å². The second kappa shape index (κ2) is 8.68. The lowest BCUT2D eigenvalue weighted by Gasteiger charge is -2.23. The molecule has 0 aliphatic carbocycles. The lowest BCUT2D eigenvalue weighted by atomic mass is 10.1. The minimum Gasteiger partial charge on any atom is -0.376 e. The standard InChI is InChI=1S/C17H23N5O3/c1-22(16(23)12-24-11-15-7-2-3-8-25-15)10-13-5-4-6-14(9-13)17-18-20-21-19-17/h4-6,9,15H,2-3,7-8,10-12H2,1H3,(H,18,19,20,21). The second-order valence-electron chi connectivity index (χ2n) is 6.19. The number of nitrogens with zero attached hydrogens (tertiary/aromatic N) is 4. The van der Waals surface area contributed by atoms with Gasteiger partial charge in [0.2, 0.25) is 11.7 Å². The van der Waals surface area contributed by atoms with E-state index in [1.807, 2.05) is 24.3 Å². The van der Waals surface area contributed by atoms with Gasteiger partial charge in [-0.15, -0.1) is 10.2 Å². The quantitative estimate of drug-likeness (QED) is 0.815. The summed E-state index contributed by atoms with van der Waals surface area (Å²) in [6.45, 7) is 1.83. The fourth-order valence-corrected chi connectivity index (χ4v) is 2.78. The summed E-state index contributed by atoms with van der Waals surface area (Å²) in [6, 6.07) is 7.73. The number of hydrogen-bond acceptors (Lipinski definition) is 6. The first-order valence-corrected chi connectivity index (χ1v) is 8.48. The van der Waals surface area contributed by atoms with Crippen molar-refractivity contribution in [1.29, 1.82) is 0 Å². The highest BCUT2D eigenvalue weighted by Gasteiger charge is 2.16. The second-order valence-corrected chi connectivity index (χ2v) is 6.19. The molecule has 0 spiro atoms. The smallest absolute Gasteiger partial charge is 0.248 e. The molecular formula is C17H23N5O3. The Labute approximate surface area is 146 Å². The zero-order valence-corrected chi connectivity index (χ0v) is 14.4. The van der Waals surface area contributed by atoms with E-state index in [4.69, 9.17) is 9.47 Å². The summed E-state index contributed by atoms with van der Waals surface area (Å²) in [6.07, 6.45) is 3.41. The Kier molecular flexibility index (Phi) is 6.08. The third-order valence-electron chi connectivity index (χ3n) is 4.18. The minimum atomic E-state index is -0.0548. The van der Waals surface area contributed by atoms with Gasteiger partial charge in [-0.05, 0) is 36.1 Å². The van der Waals surface area contributed by atoms with Crippen LogP contribution in [0.5, 0.6) is 0 Å². The van der Waals surface area contributed by atoms with E-state index in [-0.39, 0.29) is 18.6 Å². The van der Waals surface area contributed by atoms with E-state index >= 15 is 0 Å². The SMILES string of the molecule is CN(Cc1cccc(-c2nn[nH]n2)c1)C(=O)COCC1CCCCO1. The number of carbonyl (C=O) groups is 1. The molecule has 1 amide bonds. The molecular weight excluding hydrogens is 322 g/mol. The first-order chi connectivity index (χ1) is 12.2. The van der Waals surface area contributed by atoms with E-state index in [9.17, 15) is 4.79 Å². The molecule has 1 saturated heterocycles. The number of nitrogens with one attached hydrogen (secondary N) is 1. The maximum Gasteiger partial charge on any atom is 0.248 e. The molecule has 25 heavy (non-hydrogen) atoms. The summed E-state index contributed by atoms with van der Waals surface area (Å²) in [5.41, 5.74) is 1.85. The van der Waals surface area contributed by atoms with Gasteiger partial charge in [0.25, 0.3) is 0 Å². The van der Waals surface area contributed by atoms with E-state index in [1.165, 1.54) is 6.42 Å². The molecule has 1 N–H and O–H groups in total. The van der Waals surface area contributed by atoms with Gasteiger partial charge in [0.15, 0.2) is 0 Å². The molecule has 0 bridgehead atoms. The van der Waals surface area contributed by atoms with Crippen molar-refractivity contribution in [3.05, 3.63) is 29.8 Å². The number of rotatable bonds is 7. The Bertz CT molecular complexity index is 671. The van der Waals surface area contributed by atoms with Crippen LogP contribution in [-0.4, -0.2) is 64.4 Å². The molecule has 134 valence electrons. The van der Waals surface area contributed by atoms with Crippen molar-refractivity contribution >= 4 is 5.91 Å². The highest BCUT2D eigenvalue weighted by atomic mass is 16.5. The van der Waals surface area contributed by atoms with Crippen LogP contribution in [0.3, 0.4) is 0 Å². The summed E-state index contributed by atoms with van der Waals surface area (Å²) in [4.78, 5) is 13.9. The molecule has 8 heteroatoms. The molecule has 0 saturated carbocycles. The molecule has 1 aliphatic heterocycles. The number of aromatic amines is 1. The van der Waals surface area contributed by atoms with Gasteiger partial charge < -0.3 is 14.4 Å². The lowest BCUT2D eigenvalue weighted by molar-refractivity contribution is -0.137. The van der Waals surface area contributed by atoms with Crippen LogP contribution in [0.2, 0.25) is 0 Å². The zero-order valence-electron chi connectivity index (χ0n) is 14.4. The molecule has 1 fully saturated rings. The van der Waals surface area contributed by atoms with Crippen molar-refractivity contribution in [2.75, 3.05) is 26.9 Å². The van der Waals surface area contributed by atoms with E-state index in [2.05, 4.69) is 20.6 Å². The minimum absolute atomic E-state index is 0.0548. The van der Waals surface area contributed by atoms with Crippen LogP contribution in [-0.2, 0) is 20.8 Å². The van der Waals surface area contributed by atoms with Gasteiger partial charge in [-0.3, -0.25) is 4.79 Å². The van der Waals surface area contributed by atoms with Gasteiger partial charge in [-0.2, -0.15) is 5.21 Å². The average molecular weight is 345 g/mol. The maximum absolute atomic E-state index is 12.2. The van der Waals surface area contributed by atoms with Gasteiger partial charge in [-0.1, -0.05) is 18.2 Å². The normalized spacial score (nSPS) is 17.4. The Morgan fingerprint density at radius 1 is 1.44 bits per heavy atom. The molecule has 2 aromatic rings. The highest BCUT2D eigenvalue weighted by Crippen LogP contribution is 2.16. The summed E-state index contributed by atoms with van der Waals surface area (Å²) >= 11 is 0. The van der Waals surface area contributed by atoms with Crippen molar-refractivity contribution < 1.29 is 14.3 Å². The fourth-order valence-electron chi connectivity index (χ4n) is 2.78. The molecule has 3 rings (SSSR count). The molecule has 1 aromatic heterocycles. The van der Waals surface area contributed by atoms with Gasteiger partial charge >= 0.3 is 0 Å². The largest absolute Gasteiger partial charge is 0.376 e. The molecule has 1 aliphatic rings. The van der Waals surface area contributed by atoms with Crippen molar-refractivity contribution in [3.8, 4) is 11.4 Å². The van der Waals surface area contributed by atoms with Gasteiger partial charge in [0.05, 0.1) is 12.7 Å². The number of carbonyl (C=O) groups excluding carboxylic acids is 1. The third-order valence-corrected chi connectivity index (χ3v) is 4.18. The predicted molar refractivity (Wildman–Crippen MR) is 90.5 cm³/mol. The van der Waals surface area contributed by atoms with Crippen molar-refractivity contribution in [2.45, 2.75) is 31.9 Å². The molecule has 1 aromatic carbocycles. The van der Waals surface area contributed by atoms with Gasteiger partial charge in [0.1, 0.15) is 6.61 Å². The molecule has 1 atom stereocenters. The summed E-state index contributed by atoms with van der Waals surface area (Å²) in [7, 11) is 1.77. The number of benzene rings is 1. The first-order valence-electron chi connectivity index (χ1n) is 8.48. The first kappa shape index (κ1) is 17.5. The number of aromatic nitrogens is 4. The lowest BCUT2D eigenvalue weighted by Crippen LogP contribution is -2.32. The fraction of sp³-hybridized carbons (Fsp3) is 0.529. The van der Waals surface area contributed by atoms with Crippen molar-refractivity contribution in [1.82, 2.24) is 25.5 Å². The number of amides is 1.